The number of rotatable bonds is 4. The summed E-state index contributed by atoms with van der Waals surface area (Å²) in [6.07, 6.45) is -5.53. The van der Waals surface area contributed by atoms with Gasteiger partial charge in [0.05, 0.1) is 6.42 Å². The maximum Gasteiger partial charge on any atom is 0.390 e. The van der Waals surface area contributed by atoms with Crippen LogP contribution in [0.2, 0.25) is 0 Å². The van der Waals surface area contributed by atoms with Gasteiger partial charge in [-0.25, -0.2) is 9.59 Å². The van der Waals surface area contributed by atoms with Crippen LogP contribution in [0.1, 0.15) is 16.8 Å². The lowest BCUT2D eigenvalue weighted by atomic mass is 10.2. The summed E-state index contributed by atoms with van der Waals surface area (Å²) in [5.74, 6) is -1.91. The Morgan fingerprint density at radius 2 is 1.90 bits per heavy atom. The van der Waals surface area contributed by atoms with Gasteiger partial charge in [-0.3, -0.25) is 0 Å². The quantitative estimate of drug-likeness (QED) is 0.683. The Labute approximate surface area is 111 Å². The number of carboxylic acid groups (broad SMARTS) is 1. The van der Waals surface area contributed by atoms with Gasteiger partial charge in [0.25, 0.3) is 0 Å². The van der Waals surface area contributed by atoms with Crippen molar-refractivity contribution in [1.29, 1.82) is 0 Å². The number of carboxylic acids is 1. The molecule has 0 aliphatic heterocycles. The maximum atomic E-state index is 11.8. The molecule has 2 amide bonds. The van der Waals surface area contributed by atoms with Crippen molar-refractivity contribution in [3.8, 4) is 5.75 Å². The number of anilines is 1. The molecule has 20 heavy (non-hydrogen) atoms. The third kappa shape index (κ3) is 5.04. The second-order valence-corrected chi connectivity index (χ2v) is 3.78. The van der Waals surface area contributed by atoms with E-state index in [0.29, 0.717) is 0 Å². The van der Waals surface area contributed by atoms with Gasteiger partial charge in [0, 0.05) is 18.3 Å². The molecule has 1 rings (SSSR count). The molecule has 4 N–H and O–H groups in total. The summed E-state index contributed by atoms with van der Waals surface area (Å²) in [4.78, 5) is 21.9. The number of benzene rings is 1. The topological polar surface area (TPSA) is 98.7 Å². The predicted octanol–water partition coefficient (Wildman–Crippen LogP) is 2.16. The highest BCUT2D eigenvalue weighted by atomic mass is 19.4. The van der Waals surface area contributed by atoms with E-state index >= 15 is 0 Å². The lowest BCUT2D eigenvalue weighted by molar-refractivity contribution is -0.132. The summed E-state index contributed by atoms with van der Waals surface area (Å²) >= 11 is 0. The first-order valence-electron chi connectivity index (χ1n) is 5.37. The molecule has 1 aromatic carbocycles. The minimum Gasteiger partial charge on any atom is -0.507 e. The molecule has 0 spiro atoms. The van der Waals surface area contributed by atoms with Crippen LogP contribution >= 0.6 is 0 Å². The molecule has 0 radical (unpaired) electrons. The first kappa shape index (κ1) is 15.6. The number of urea groups is 1. The number of aromatic hydroxyl groups is 1. The molecule has 0 aromatic heterocycles. The third-order valence-electron chi connectivity index (χ3n) is 2.18. The molecule has 9 heteroatoms. The Balaban J connectivity index is 2.54. The molecule has 6 nitrogen and oxygen atoms in total. The lowest BCUT2D eigenvalue weighted by Crippen LogP contribution is -2.31. The summed E-state index contributed by atoms with van der Waals surface area (Å²) in [6, 6.07) is 2.35. The fourth-order valence-corrected chi connectivity index (χ4v) is 1.28. The number of hydrogen-bond acceptors (Lipinski definition) is 3. The molecule has 0 aliphatic rings. The molecular weight excluding hydrogens is 281 g/mol. The minimum atomic E-state index is -4.37. The summed E-state index contributed by atoms with van der Waals surface area (Å²) in [6.45, 7) is -0.589. The summed E-state index contributed by atoms with van der Waals surface area (Å²) in [7, 11) is 0. The molecule has 0 heterocycles. The van der Waals surface area contributed by atoms with Gasteiger partial charge in [0.15, 0.2) is 0 Å². The molecule has 0 saturated carbocycles. The van der Waals surface area contributed by atoms with Crippen LogP contribution in [-0.4, -0.2) is 34.9 Å². The van der Waals surface area contributed by atoms with Gasteiger partial charge in [-0.2, -0.15) is 13.2 Å². The first-order chi connectivity index (χ1) is 9.19. The average Bonchev–Trinajstić information content (AvgIpc) is 2.26. The van der Waals surface area contributed by atoms with E-state index in [1.54, 1.807) is 0 Å². The lowest BCUT2D eigenvalue weighted by Gasteiger charge is -2.10. The van der Waals surface area contributed by atoms with Crippen LogP contribution in [0.3, 0.4) is 0 Å². The van der Waals surface area contributed by atoms with Crippen LogP contribution in [0.4, 0.5) is 23.7 Å². The van der Waals surface area contributed by atoms with E-state index < -0.39 is 36.9 Å². The van der Waals surface area contributed by atoms with Crippen molar-refractivity contribution in [2.75, 3.05) is 11.9 Å². The van der Waals surface area contributed by atoms with Gasteiger partial charge in [0.1, 0.15) is 11.3 Å². The Bertz CT molecular complexity index is 517. The number of alkyl halides is 3. The van der Waals surface area contributed by atoms with Gasteiger partial charge < -0.3 is 20.8 Å². The van der Waals surface area contributed by atoms with E-state index in [1.165, 1.54) is 6.07 Å². The van der Waals surface area contributed by atoms with E-state index in [1.807, 2.05) is 5.32 Å². The van der Waals surface area contributed by atoms with E-state index in [-0.39, 0.29) is 11.3 Å². The normalized spacial score (nSPS) is 10.9. The Morgan fingerprint density at radius 3 is 2.40 bits per heavy atom. The standard InChI is InChI=1S/C11H11F3N2O4/c12-11(13,14)3-4-15-10(20)16-6-1-2-7(9(18)19)8(17)5-6/h1-2,5,17H,3-4H2,(H,18,19)(H2,15,16,20). The van der Waals surface area contributed by atoms with Gasteiger partial charge >= 0.3 is 18.2 Å². The van der Waals surface area contributed by atoms with Gasteiger partial charge in [0.2, 0.25) is 0 Å². The zero-order valence-corrected chi connectivity index (χ0v) is 9.99. The molecule has 0 aliphatic carbocycles. The SMILES string of the molecule is O=C(NCCC(F)(F)F)Nc1ccc(C(=O)O)c(O)c1. The maximum absolute atomic E-state index is 11.8. The Hall–Kier alpha value is -2.45. The van der Waals surface area contributed by atoms with E-state index in [2.05, 4.69) is 5.32 Å². The highest BCUT2D eigenvalue weighted by Crippen LogP contribution is 2.22. The van der Waals surface area contributed by atoms with Crippen molar-refractivity contribution in [1.82, 2.24) is 5.32 Å². The first-order valence-corrected chi connectivity index (χ1v) is 5.37. The van der Waals surface area contributed by atoms with Crippen molar-refractivity contribution in [3.63, 3.8) is 0 Å². The molecule has 0 fully saturated rings. The highest BCUT2D eigenvalue weighted by molar-refractivity contribution is 5.93. The summed E-state index contributed by atoms with van der Waals surface area (Å²) < 4.78 is 35.5. The molecule has 1 aromatic rings. The summed E-state index contributed by atoms with van der Waals surface area (Å²) in [5.41, 5.74) is -0.301. The zero-order chi connectivity index (χ0) is 15.3. The van der Waals surface area contributed by atoms with Crippen molar-refractivity contribution in [2.45, 2.75) is 12.6 Å². The van der Waals surface area contributed by atoms with Crippen LogP contribution in [0.5, 0.6) is 5.75 Å². The van der Waals surface area contributed by atoms with Gasteiger partial charge in [-0.05, 0) is 12.1 Å². The fraction of sp³-hybridized carbons (Fsp3) is 0.273. The number of amides is 2. The smallest absolute Gasteiger partial charge is 0.390 e. The molecular formula is C11H11F3N2O4. The van der Waals surface area contributed by atoms with Crippen molar-refractivity contribution >= 4 is 17.7 Å². The van der Waals surface area contributed by atoms with Crippen molar-refractivity contribution in [3.05, 3.63) is 23.8 Å². The monoisotopic (exact) mass is 292 g/mol. The largest absolute Gasteiger partial charge is 0.507 e. The number of phenols is 1. The Kier molecular flexibility index (Phi) is 4.78. The predicted molar refractivity (Wildman–Crippen MR) is 62.8 cm³/mol. The number of nitrogens with one attached hydrogen (secondary N) is 2. The summed E-state index contributed by atoms with van der Waals surface area (Å²) in [5, 5.41) is 22.2. The van der Waals surface area contributed by atoms with Gasteiger partial charge in [-0.1, -0.05) is 0 Å². The second kappa shape index (κ2) is 6.13. The molecule has 0 bridgehead atoms. The highest BCUT2D eigenvalue weighted by Gasteiger charge is 2.26. The van der Waals surface area contributed by atoms with E-state index in [0.717, 1.165) is 12.1 Å². The molecule has 0 saturated heterocycles. The van der Waals surface area contributed by atoms with Crippen molar-refractivity contribution in [2.24, 2.45) is 0 Å². The molecule has 110 valence electrons. The molecule has 0 atom stereocenters. The van der Waals surface area contributed by atoms with Crippen LogP contribution in [0.25, 0.3) is 0 Å². The van der Waals surface area contributed by atoms with Crippen LogP contribution in [0.15, 0.2) is 18.2 Å². The molecule has 0 unspecified atom stereocenters. The Morgan fingerprint density at radius 1 is 1.25 bits per heavy atom. The number of hydrogen-bond donors (Lipinski definition) is 4. The number of halogens is 3. The average molecular weight is 292 g/mol. The second-order valence-electron chi connectivity index (χ2n) is 3.78. The third-order valence-corrected chi connectivity index (χ3v) is 2.18. The van der Waals surface area contributed by atoms with Crippen LogP contribution in [0, 0.1) is 0 Å². The van der Waals surface area contributed by atoms with Gasteiger partial charge in [-0.15, -0.1) is 0 Å². The van der Waals surface area contributed by atoms with Crippen LogP contribution in [-0.2, 0) is 0 Å². The van der Waals surface area contributed by atoms with E-state index in [4.69, 9.17) is 5.11 Å². The fourth-order valence-electron chi connectivity index (χ4n) is 1.28. The minimum absolute atomic E-state index is 0.0528. The zero-order valence-electron chi connectivity index (χ0n) is 9.99. The number of aromatic carboxylic acids is 1. The van der Waals surface area contributed by atoms with E-state index in [9.17, 15) is 27.9 Å². The van der Waals surface area contributed by atoms with Crippen LogP contribution < -0.4 is 10.6 Å². The van der Waals surface area contributed by atoms with Crippen molar-refractivity contribution < 1.29 is 33.0 Å². The number of carbonyl (C=O) groups excluding carboxylic acids is 1. The number of carbonyl (C=O) groups is 2.